The zero-order valence-electron chi connectivity index (χ0n) is 16.9. The molecule has 1 aromatic carbocycles. The summed E-state index contributed by atoms with van der Waals surface area (Å²) >= 11 is 0. The zero-order chi connectivity index (χ0) is 23.6. The van der Waals surface area contributed by atoms with Crippen LogP contribution in [0.25, 0.3) is 0 Å². The van der Waals surface area contributed by atoms with E-state index >= 15 is 0 Å². The number of carbonyl (C=O) groups is 1. The minimum absolute atomic E-state index is 0.0134. The highest BCUT2D eigenvalue weighted by Gasteiger charge is 2.48. The third kappa shape index (κ3) is 5.94. The molecule has 1 aliphatic heterocycles. The average Bonchev–Trinajstić information content (AvgIpc) is 3.51. The summed E-state index contributed by atoms with van der Waals surface area (Å²) in [5.41, 5.74) is -1.59. The maximum Gasteiger partial charge on any atom is 0.407 e. The topological polar surface area (TPSA) is 112 Å². The van der Waals surface area contributed by atoms with Crippen LogP contribution in [-0.2, 0) is 19.6 Å². The van der Waals surface area contributed by atoms with Gasteiger partial charge in [0, 0.05) is 13.1 Å². The van der Waals surface area contributed by atoms with Gasteiger partial charge in [0.15, 0.2) is 0 Å². The third-order valence-electron chi connectivity index (χ3n) is 5.28. The van der Waals surface area contributed by atoms with Crippen molar-refractivity contribution >= 4 is 15.9 Å². The van der Waals surface area contributed by atoms with Gasteiger partial charge in [-0.15, -0.1) is 0 Å². The normalized spacial score (nSPS) is 20.7. The van der Waals surface area contributed by atoms with E-state index in [2.05, 4.69) is 10.6 Å². The highest BCUT2D eigenvalue weighted by molar-refractivity contribution is 7.89. The van der Waals surface area contributed by atoms with Gasteiger partial charge >= 0.3 is 6.18 Å². The number of halogens is 4. The van der Waals surface area contributed by atoms with Gasteiger partial charge in [0.1, 0.15) is 23.4 Å². The van der Waals surface area contributed by atoms with Crippen molar-refractivity contribution in [3.05, 3.63) is 35.6 Å². The van der Waals surface area contributed by atoms with E-state index in [9.17, 15) is 36.0 Å². The lowest BCUT2D eigenvalue weighted by Crippen LogP contribution is -2.56. The molecule has 2 aliphatic rings. The molecule has 32 heavy (non-hydrogen) atoms. The first-order valence-electron chi connectivity index (χ1n) is 9.83. The summed E-state index contributed by atoms with van der Waals surface area (Å²) in [6.07, 6.45) is -4.27. The van der Waals surface area contributed by atoms with Crippen molar-refractivity contribution in [3.63, 3.8) is 0 Å². The lowest BCUT2D eigenvalue weighted by atomic mass is 10.0. The first-order chi connectivity index (χ1) is 15.0. The highest BCUT2D eigenvalue weighted by atomic mass is 32.2. The minimum Gasteiger partial charge on any atom is -0.379 e. The fraction of sp³-hybridized carbons (Fsp3) is 0.579. The van der Waals surface area contributed by atoms with E-state index in [4.69, 9.17) is 4.74 Å². The molecule has 2 atom stereocenters. The maximum absolute atomic E-state index is 13.8. The first kappa shape index (κ1) is 24.4. The van der Waals surface area contributed by atoms with Gasteiger partial charge in [0.05, 0.1) is 25.0 Å². The number of benzene rings is 1. The van der Waals surface area contributed by atoms with Gasteiger partial charge < -0.3 is 10.1 Å². The number of carbonyl (C=O) groups excluding carboxylic acids is 1. The Morgan fingerprint density at radius 1 is 1.22 bits per heavy atom. The van der Waals surface area contributed by atoms with Crippen LogP contribution in [0.2, 0.25) is 0 Å². The summed E-state index contributed by atoms with van der Waals surface area (Å²) in [4.78, 5) is 12.8. The van der Waals surface area contributed by atoms with Crippen molar-refractivity contribution in [2.75, 3.05) is 32.1 Å². The Morgan fingerprint density at radius 3 is 2.31 bits per heavy atom. The van der Waals surface area contributed by atoms with E-state index in [1.807, 2.05) is 6.07 Å². The number of sulfonamides is 1. The molecule has 0 spiro atoms. The number of hydrogen-bond acceptors (Lipinski definition) is 6. The number of morpholine rings is 1. The Kier molecular flexibility index (Phi) is 7.09. The molecule has 1 amide bonds. The van der Waals surface area contributed by atoms with Crippen LogP contribution in [0.15, 0.2) is 24.3 Å². The van der Waals surface area contributed by atoms with Crippen molar-refractivity contribution in [1.82, 2.24) is 14.9 Å². The second-order valence-electron chi connectivity index (χ2n) is 7.72. The van der Waals surface area contributed by atoms with Crippen molar-refractivity contribution in [2.24, 2.45) is 0 Å². The van der Waals surface area contributed by atoms with Crippen molar-refractivity contribution in [3.8, 4) is 6.07 Å². The van der Waals surface area contributed by atoms with Crippen molar-refractivity contribution < 1.29 is 35.5 Å². The molecule has 176 valence electrons. The Bertz CT molecular complexity index is 969. The maximum atomic E-state index is 13.8. The van der Waals surface area contributed by atoms with Gasteiger partial charge in [-0.05, 0) is 30.5 Å². The summed E-state index contributed by atoms with van der Waals surface area (Å²) in [7, 11) is -4.13. The van der Waals surface area contributed by atoms with E-state index in [1.165, 1.54) is 0 Å². The number of rotatable bonds is 8. The average molecular weight is 478 g/mol. The largest absolute Gasteiger partial charge is 0.407 e. The molecule has 0 radical (unpaired) electrons. The third-order valence-corrected chi connectivity index (χ3v) is 7.19. The van der Waals surface area contributed by atoms with Crippen LogP contribution in [0.4, 0.5) is 17.6 Å². The summed E-state index contributed by atoms with van der Waals surface area (Å²) in [5, 5.41) is 13.7. The van der Waals surface area contributed by atoms with Gasteiger partial charge in [0.2, 0.25) is 15.9 Å². The fourth-order valence-electron chi connectivity index (χ4n) is 3.29. The molecular weight excluding hydrogens is 456 g/mol. The van der Waals surface area contributed by atoms with Gasteiger partial charge in [-0.2, -0.15) is 22.7 Å². The molecule has 0 bridgehead atoms. The quantitative estimate of drug-likeness (QED) is 0.544. The lowest BCUT2D eigenvalue weighted by molar-refractivity contribution is -0.160. The molecule has 1 aliphatic carbocycles. The van der Waals surface area contributed by atoms with Crippen molar-refractivity contribution in [2.45, 2.75) is 36.6 Å². The molecule has 13 heteroatoms. The molecule has 2 N–H and O–H groups in total. The smallest absolute Gasteiger partial charge is 0.379 e. The second-order valence-corrected chi connectivity index (χ2v) is 9.73. The predicted octanol–water partition coefficient (Wildman–Crippen LogP) is 1.22. The van der Waals surface area contributed by atoms with Crippen LogP contribution < -0.4 is 10.6 Å². The molecule has 8 nitrogen and oxygen atoms in total. The molecule has 2 fully saturated rings. The molecule has 1 saturated carbocycles. The summed E-state index contributed by atoms with van der Waals surface area (Å²) < 4.78 is 86.4. The molecular formula is C19H22F4N4O4S. The molecule has 1 heterocycles. The Balaban J connectivity index is 1.88. The molecule has 0 aromatic heterocycles. The second kappa shape index (κ2) is 9.30. The Morgan fingerprint density at radius 2 is 1.81 bits per heavy atom. The predicted molar refractivity (Wildman–Crippen MR) is 104 cm³/mol. The van der Waals surface area contributed by atoms with E-state index < -0.39 is 51.3 Å². The van der Waals surface area contributed by atoms with E-state index in [0.717, 1.165) is 28.6 Å². The van der Waals surface area contributed by atoms with Crippen LogP contribution >= 0.6 is 0 Å². The van der Waals surface area contributed by atoms with Crippen LogP contribution in [0, 0.1) is 17.1 Å². The monoisotopic (exact) mass is 478 g/mol. The van der Waals surface area contributed by atoms with Gasteiger partial charge in [-0.1, -0.05) is 12.1 Å². The zero-order valence-corrected chi connectivity index (χ0v) is 17.7. The van der Waals surface area contributed by atoms with Crippen LogP contribution in [0.3, 0.4) is 0 Å². The summed E-state index contributed by atoms with van der Waals surface area (Å²) in [6.45, 7) is 0.280. The fourth-order valence-corrected chi connectivity index (χ4v) is 4.87. The Hall–Kier alpha value is -2.27. The number of nitriles is 1. The first-order valence-corrected chi connectivity index (χ1v) is 11.4. The van der Waals surface area contributed by atoms with Crippen LogP contribution in [0.1, 0.15) is 24.4 Å². The van der Waals surface area contributed by atoms with Gasteiger partial charge in [-0.3, -0.25) is 10.1 Å². The van der Waals surface area contributed by atoms with Crippen LogP contribution in [0.5, 0.6) is 0 Å². The minimum atomic E-state index is -4.91. The lowest BCUT2D eigenvalue weighted by Gasteiger charge is -2.31. The van der Waals surface area contributed by atoms with E-state index in [1.54, 1.807) is 0 Å². The summed E-state index contributed by atoms with van der Waals surface area (Å²) in [6, 6.07) is 1.12. The highest BCUT2D eigenvalue weighted by Crippen LogP contribution is 2.35. The van der Waals surface area contributed by atoms with Crippen LogP contribution in [-0.4, -0.2) is 68.4 Å². The van der Waals surface area contributed by atoms with Gasteiger partial charge in [0.25, 0.3) is 0 Å². The number of hydrogen-bond donors (Lipinski definition) is 2. The number of alkyl halides is 3. The molecule has 1 aromatic rings. The summed E-state index contributed by atoms with van der Waals surface area (Å²) in [5.74, 6) is -2.73. The standard InChI is InChI=1S/C19H22F4N4O4S/c20-14-3-1-13(2-4-14)16(19(21,22)23)25-15(17(28)26-18(12-24)5-6-18)11-32(29,30)27-7-9-31-10-8-27/h1-4,15-16,25H,5-11H2,(H,26,28)/t15?,16-/m1/s1. The molecule has 3 rings (SSSR count). The van der Waals surface area contributed by atoms with Gasteiger partial charge in [-0.25, -0.2) is 12.8 Å². The number of amides is 1. The molecule has 1 saturated heterocycles. The number of nitrogens with zero attached hydrogens (tertiary/aromatic N) is 2. The van der Waals surface area contributed by atoms with E-state index in [-0.39, 0.29) is 31.9 Å². The SMILES string of the molecule is N#CC1(NC(=O)C(CS(=O)(=O)N2CCOCC2)N[C@H](c2ccc(F)cc2)C(F)(F)F)CC1. The van der Waals surface area contributed by atoms with Crippen molar-refractivity contribution in [1.29, 1.82) is 5.26 Å². The van der Waals surface area contributed by atoms with E-state index in [0.29, 0.717) is 12.8 Å². The number of ether oxygens (including phenoxy) is 1. The molecule has 1 unspecified atom stereocenters. The Labute approximate surface area is 182 Å². The number of nitrogens with one attached hydrogen (secondary N) is 2.